The molecule has 0 aliphatic rings. The van der Waals surface area contributed by atoms with Crippen LogP contribution >= 0.6 is 0 Å². The van der Waals surface area contributed by atoms with E-state index in [9.17, 15) is 24.1 Å². The first-order valence-corrected chi connectivity index (χ1v) is 7.16. The molecule has 2 aromatic rings. The number of carbonyl (C=O) groups is 2. The summed E-state index contributed by atoms with van der Waals surface area (Å²) in [5.41, 5.74) is 5.92. The van der Waals surface area contributed by atoms with Crippen LogP contribution < -0.4 is 16.4 Å². The van der Waals surface area contributed by atoms with Crippen LogP contribution in [0.4, 0.5) is 21.5 Å². The maximum Gasteiger partial charge on any atom is 0.269 e. The largest absolute Gasteiger partial charge is 0.376 e. The van der Waals surface area contributed by atoms with Crippen LogP contribution in [-0.2, 0) is 4.79 Å². The fourth-order valence-corrected chi connectivity index (χ4v) is 2.05. The molecule has 2 rings (SSSR count). The zero-order chi connectivity index (χ0) is 18.6. The number of nitro groups is 1. The third-order valence-corrected chi connectivity index (χ3v) is 3.43. The molecule has 0 aliphatic carbocycles. The van der Waals surface area contributed by atoms with Crippen molar-refractivity contribution in [3.8, 4) is 0 Å². The van der Waals surface area contributed by atoms with E-state index in [2.05, 4.69) is 10.6 Å². The molecule has 130 valence electrons. The molecule has 0 bridgehead atoms. The summed E-state index contributed by atoms with van der Waals surface area (Å²) < 4.78 is 13.8. The number of hydrogen-bond donors (Lipinski definition) is 3. The Bertz CT molecular complexity index is 837. The summed E-state index contributed by atoms with van der Waals surface area (Å²) in [6, 6.07) is 7.71. The molecule has 0 aromatic heterocycles. The number of rotatable bonds is 6. The van der Waals surface area contributed by atoms with Crippen LogP contribution in [-0.4, -0.2) is 23.3 Å². The Labute approximate surface area is 142 Å². The molecule has 9 heteroatoms. The third-order valence-electron chi connectivity index (χ3n) is 3.43. The fraction of sp³-hybridized carbons (Fsp3) is 0.125. The molecule has 8 nitrogen and oxygen atoms in total. The molecule has 25 heavy (non-hydrogen) atoms. The molecule has 0 unspecified atom stereocenters. The van der Waals surface area contributed by atoms with Crippen molar-refractivity contribution in [1.82, 2.24) is 0 Å². The van der Waals surface area contributed by atoms with Crippen molar-refractivity contribution in [2.24, 2.45) is 5.73 Å². The molecule has 4 N–H and O–H groups in total. The lowest BCUT2D eigenvalue weighted by atomic mass is 10.1. The number of nitrogens with zero attached hydrogens (tertiary/aromatic N) is 1. The van der Waals surface area contributed by atoms with Crippen molar-refractivity contribution in [2.75, 3.05) is 17.2 Å². The summed E-state index contributed by atoms with van der Waals surface area (Å²) in [4.78, 5) is 33.1. The van der Waals surface area contributed by atoms with Crippen LogP contribution in [0.2, 0.25) is 0 Å². The molecule has 2 aromatic carbocycles. The van der Waals surface area contributed by atoms with E-state index in [-0.39, 0.29) is 29.0 Å². The molecule has 0 saturated carbocycles. The van der Waals surface area contributed by atoms with Crippen molar-refractivity contribution in [3.63, 3.8) is 0 Å². The lowest BCUT2D eigenvalue weighted by molar-refractivity contribution is -0.384. The van der Waals surface area contributed by atoms with Crippen molar-refractivity contribution in [3.05, 3.63) is 63.5 Å². The Balaban J connectivity index is 2.02. The first-order valence-electron chi connectivity index (χ1n) is 7.16. The molecule has 0 radical (unpaired) electrons. The minimum Gasteiger partial charge on any atom is -0.376 e. The number of anilines is 2. The van der Waals surface area contributed by atoms with Gasteiger partial charge in [-0.2, -0.15) is 0 Å². The number of non-ortho nitro benzene ring substituents is 1. The standard InChI is InChI=1S/C16H15FN4O4/c1-9-13(17)6-10(16(18)23)7-14(9)19-8-15(22)20-11-2-4-12(5-3-11)21(24)25/h2-7,19H,8H2,1H3,(H2,18,23)(H,20,22). The molecular weight excluding hydrogens is 331 g/mol. The average molecular weight is 346 g/mol. The van der Waals surface area contributed by atoms with E-state index in [1.54, 1.807) is 0 Å². The Morgan fingerprint density at radius 2 is 1.88 bits per heavy atom. The quantitative estimate of drug-likeness (QED) is 0.546. The number of primary amides is 1. The van der Waals surface area contributed by atoms with Crippen molar-refractivity contribution in [2.45, 2.75) is 6.92 Å². The number of halogens is 1. The summed E-state index contributed by atoms with van der Waals surface area (Å²) in [5.74, 6) is -1.84. The van der Waals surface area contributed by atoms with Crippen molar-refractivity contribution >= 4 is 28.9 Å². The number of carbonyl (C=O) groups excluding carboxylic acids is 2. The van der Waals surface area contributed by atoms with Gasteiger partial charge in [0.25, 0.3) is 5.69 Å². The third kappa shape index (κ3) is 4.50. The van der Waals surface area contributed by atoms with E-state index in [1.165, 1.54) is 37.3 Å². The number of benzene rings is 2. The first kappa shape index (κ1) is 17.9. The summed E-state index contributed by atoms with van der Waals surface area (Å²) in [5, 5.41) is 15.8. The lowest BCUT2D eigenvalue weighted by Crippen LogP contribution is -2.22. The lowest BCUT2D eigenvalue weighted by Gasteiger charge is -2.12. The van der Waals surface area contributed by atoms with Gasteiger partial charge in [-0.25, -0.2) is 4.39 Å². The number of nitro benzene ring substituents is 1. The fourth-order valence-electron chi connectivity index (χ4n) is 2.05. The highest BCUT2D eigenvalue weighted by molar-refractivity contribution is 5.95. The molecule has 0 aliphatic heterocycles. The molecular formula is C16H15FN4O4. The zero-order valence-corrected chi connectivity index (χ0v) is 13.2. The van der Waals surface area contributed by atoms with Crippen LogP contribution in [0, 0.1) is 22.9 Å². The van der Waals surface area contributed by atoms with Gasteiger partial charge < -0.3 is 16.4 Å². The highest BCUT2D eigenvalue weighted by Crippen LogP contribution is 2.20. The monoisotopic (exact) mass is 346 g/mol. The molecule has 0 saturated heterocycles. The SMILES string of the molecule is Cc1c(F)cc(C(N)=O)cc1NCC(=O)Nc1ccc([N+](=O)[O-])cc1. The predicted molar refractivity (Wildman–Crippen MR) is 89.9 cm³/mol. The number of nitrogens with one attached hydrogen (secondary N) is 2. The van der Waals surface area contributed by atoms with E-state index in [0.29, 0.717) is 5.69 Å². The second kappa shape index (κ2) is 7.39. The van der Waals surface area contributed by atoms with E-state index < -0.39 is 22.6 Å². The molecule has 2 amide bonds. The predicted octanol–water partition coefficient (Wildman–Crippen LogP) is 2.19. The maximum absolute atomic E-state index is 13.8. The van der Waals surface area contributed by atoms with Crippen LogP contribution in [0.5, 0.6) is 0 Å². The van der Waals surface area contributed by atoms with Gasteiger partial charge in [-0.3, -0.25) is 19.7 Å². The highest BCUT2D eigenvalue weighted by atomic mass is 19.1. The average Bonchev–Trinajstić information content (AvgIpc) is 2.56. The van der Waals surface area contributed by atoms with Gasteiger partial charge in [-0.05, 0) is 31.2 Å². The first-order chi connectivity index (χ1) is 11.8. The van der Waals surface area contributed by atoms with Gasteiger partial charge in [-0.1, -0.05) is 0 Å². The Hall–Kier alpha value is -3.49. The van der Waals surface area contributed by atoms with Gasteiger partial charge >= 0.3 is 0 Å². The Morgan fingerprint density at radius 1 is 1.24 bits per heavy atom. The van der Waals surface area contributed by atoms with Gasteiger partial charge in [-0.15, -0.1) is 0 Å². The molecule has 0 atom stereocenters. The Morgan fingerprint density at radius 3 is 2.44 bits per heavy atom. The minimum absolute atomic E-state index is 0.0126. The number of nitrogens with two attached hydrogens (primary N) is 1. The minimum atomic E-state index is -0.780. The van der Waals surface area contributed by atoms with Gasteiger partial charge in [0.05, 0.1) is 11.5 Å². The summed E-state index contributed by atoms with van der Waals surface area (Å²) in [7, 11) is 0. The normalized spacial score (nSPS) is 10.2. The van der Waals surface area contributed by atoms with E-state index in [1.807, 2.05) is 0 Å². The molecule has 0 spiro atoms. The van der Waals surface area contributed by atoms with Crippen molar-refractivity contribution < 1.29 is 18.9 Å². The van der Waals surface area contributed by atoms with Gasteiger partial charge in [0.1, 0.15) is 5.82 Å². The second-order valence-electron chi connectivity index (χ2n) is 5.20. The van der Waals surface area contributed by atoms with Crippen LogP contribution in [0.25, 0.3) is 0 Å². The van der Waals surface area contributed by atoms with Crippen molar-refractivity contribution in [1.29, 1.82) is 0 Å². The van der Waals surface area contributed by atoms with E-state index >= 15 is 0 Å². The summed E-state index contributed by atoms with van der Waals surface area (Å²) >= 11 is 0. The van der Waals surface area contributed by atoms with E-state index in [4.69, 9.17) is 5.73 Å². The van der Waals surface area contributed by atoms with Crippen LogP contribution in [0.15, 0.2) is 36.4 Å². The summed E-state index contributed by atoms with van der Waals surface area (Å²) in [6.45, 7) is 1.30. The number of hydrogen-bond acceptors (Lipinski definition) is 5. The van der Waals surface area contributed by atoms with E-state index in [0.717, 1.165) is 6.07 Å². The topological polar surface area (TPSA) is 127 Å². The van der Waals surface area contributed by atoms with Crippen LogP contribution in [0.3, 0.4) is 0 Å². The second-order valence-corrected chi connectivity index (χ2v) is 5.20. The van der Waals surface area contributed by atoms with Gasteiger partial charge in [0.15, 0.2) is 0 Å². The van der Waals surface area contributed by atoms with Gasteiger partial charge in [0, 0.05) is 34.6 Å². The highest BCUT2D eigenvalue weighted by Gasteiger charge is 2.12. The number of amides is 2. The molecule has 0 heterocycles. The van der Waals surface area contributed by atoms with Crippen LogP contribution in [0.1, 0.15) is 15.9 Å². The van der Waals surface area contributed by atoms with Gasteiger partial charge in [0.2, 0.25) is 11.8 Å². The smallest absolute Gasteiger partial charge is 0.269 e. The Kier molecular flexibility index (Phi) is 5.28. The maximum atomic E-state index is 13.8. The molecule has 0 fully saturated rings. The zero-order valence-electron chi connectivity index (χ0n) is 13.2. The summed E-state index contributed by atoms with van der Waals surface area (Å²) in [6.07, 6.45) is 0.